The Kier molecular flexibility index (Phi) is 13.7. The summed E-state index contributed by atoms with van der Waals surface area (Å²) in [6.07, 6.45) is 4.77. The van der Waals surface area contributed by atoms with Crippen molar-refractivity contribution >= 4 is 23.7 Å². The maximum absolute atomic E-state index is 13.4. The summed E-state index contributed by atoms with van der Waals surface area (Å²) in [5.41, 5.74) is 17.0. The first-order valence-electron chi connectivity index (χ1n) is 12.4. The van der Waals surface area contributed by atoms with Gasteiger partial charge in [0.15, 0.2) is 0 Å². The maximum Gasteiger partial charge on any atom is 0.326 e. The van der Waals surface area contributed by atoms with Crippen LogP contribution in [0.2, 0.25) is 0 Å². The van der Waals surface area contributed by atoms with Crippen molar-refractivity contribution in [3.8, 4) is 0 Å². The number of carbonyl (C=O) groups excluding carboxylic acids is 3. The lowest BCUT2D eigenvalue weighted by atomic mass is 10.0. The first kappa shape index (κ1) is 29.8. The quantitative estimate of drug-likeness (QED) is 0.160. The second kappa shape index (κ2) is 15.6. The van der Waals surface area contributed by atoms with Crippen molar-refractivity contribution in [2.75, 3.05) is 19.6 Å². The topological polar surface area (TPSA) is 194 Å². The molecule has 1 fully saturated rings. The number of hydrogen-bond acceptors (Lipinski definition) is 7. The fourth-order valence-corrected chi connectivity index (χ4v) is 4.17. The predicted molar refractivity (Wildman–Crippen MR) is 129 cm³/mol. The lowest BCUT2D eigenvalue weighted by Gasteiger charge is -2.30. The number of carboxylic acids is 1. The Morgan fingerprint density at radius 2 is 1.56 bits per heavy atom. The van der Waals surface area contributed by atoms with Crippen LogP contribution in [0, 0.1) is 5.92 Å². The highest BCUT2D eigenvalue weighted by molar-refractivity contribution is 5.94. The van der Waals surface area contributed by atoms with Crippen molar-refractivity contribution < 1.29 is 24.3 Å². The number of unbranched alkanes of at least 4 members (excludes halogenated alkanes) is 2. The van der Waals surface area contributed by atoms with Gasteiger partial charge in [0.1, 0.15) is 18.1 Å². The summed E-state index contributed by atoms with van der Waals surface area (Å²) in [5.74, 6) is -2.13. The summed E-state index contributed by atoms with van der Waals surface area (Å²) in [6, 6.07) is -3.36. The van der Waals surface area contributed by atoms with E-state index in [4.69, 9.17) is 17.2 Å². The Bertz CT molecular complexity index is 674. The van der Waals surface area contributed by atoms with Crippen molar-refractivity contribution in [3.63, 3.8) is 0 Å². The van der Waals surface area contributed by atoms with E-state index >= 15 is 0 Å². The number of hydrogen-bond donors (Lipinski definition) is 6. The number of nitrogens with two attached hydrogens (primary N) is 3. The van der Waals surface area contributed by atoms with Gasteiger partial charge in [-0.1, -0.05) is 13.8 Å². The van der Waals surface area contributed by atoms with Gasteiger partial charge < -0.3 is 37.8 Å². The van der Waals surface area contributed by atoms with Crippen LogP contribution in [0.25, 0.3) is 0 Å². The van der Waals surface area contributed by atoms with Crippen molar-refractivity contribution in [1.29, 1.82) is 0 Å². The molecule has 11 heteroatoms. The van der Waals surface area contributed by atoms with Gasteiger partial charge in [-0.05, 0) is 76.8 Å². The number of aliphatic carboxylic acids is 1. The van der Waals surface area contributed by atoms with E-state index in [0.29, 0.717) is 71.0 Å². The molecule has 9 N–H and O–H groups in total. The van der Waals surface area contributed by atoms with E-state index in [1.807, 2.05) is 13.8 Å². The fourth-order valence-electron chi connectivity index (χ4n) is 4.17. The second-order valence-corrected chi connectivity index (χ2v) is 9.46. The Hall–Kier alpha value is -2.24. The van der Waals surface area contributed by atoms with Gasteiger partial charge in [0, 0.05) is 6.54 Å². The number of carboxylic acid groups (broad SMARTS) is 1. The monoisotopic (exact) mass is 484 g/mol. The third-order valence-electron chi connectivity index (χ3n) is 6.02. The van der Waals surface area contributed by atoms with Crippen molar-refractivity contribution in [2.45, 2.75) is 95.8 Å². The van der Waals surface area contributed by atoms with Crippen LogP contribution in [-0.2, 0) is 19.2 Å². The molecule has 1 heterocycles. The molecule has 4 unspecified atom stereocenters. The number of nitrogens with zero attached hydrogens (tertiary/aromatic N) is 1. The van der Waals surface area contributed by atoms with E-state index in [-0.39, 0.29) is 18.2 Å². The molecule has 3 amide bonds. The highest BCUT2D eigenvalue weighted by atomic mass is 16.4. The zero-order valence-corrected chi connectivity index (χ0v) is 20.6. The number of rotatable bonds is 16. The Labute approximate surface area is 202 Å². The Balaban J connectivity index is 2.90. The van der Waals surface area contributed by atoms with Crippen molar-refractivity contribution in [1.82, 2.24) is 15.5 Å². The molecule has 11 nitrogen and oxygen atoms in total. The van der Waals surface area contributed by atoms with E-state index in [1.54, 1.807) is 0 Å². The van der Waals surface area contributed by atoms with Crippen LogP contribution >= 0.6 is 0 Å². The van der Waals surface area contributed by atoms with Gasteiger partial charge >= 0.3 is 5.97 Å². The van der Waals surface area contributed by atoms with E-state index in [2.05, 4.69) is 10.6 Å². The minimum atomic E-state index is -1.12. The molecule has 1 aliphatic heterocycles. The average molecular weight is 485 g/mol. The minimum Gasteiger partial charge on any atom is -0.480 e. The number of carbonyl (C=O) groups is 4. The number of nitrogens with one attached hydrogen (secondary N) is 2. The standard InChI is InChI=1S/C23H44N6O5/c1-15(2)14-16(26)20(30)27-17(8-3-5-11-24)22(32)29-13-7-10-19(29)21(31)28-18(23(33)34)9-4-6-12-25/h15-19H,3-14,24-26H2,1-2H3,(H,27,30)(H,28,31)(H,33,34). The van der Waals surface area contributed by atoms with Crippen LogP contribution in [0.1, 0.15) is 71.6 Å². The normalized spacial score (nSPS) is 18.4. The maximum atomic E-state index is 13.4. The Morgan fingerprint density at radius 1 is 0.971 bits per heavy atom. The summed E-state index contributed by atoms with van der Waals surface area (Å²) in [6.45, 7) is 5.21. The summed E-state index contributed by atoms with van der Waals surface area (Å²) < 4.78 is 0. The first-order valence-corrected chi connectivity index (χ1v) is 12.4. The van der Waals surface area contributed by atoms with Crippen LogP contribution in [-0.4, -0.2) is 77.5 Å². The van der Waals surface area contributed by atoms with Crippen LogP contribution in [0.4, 0.5) is 0 Å². The summed E-state index contributed by atoms with van der Waals surface area (Å²) in [4.78, 5) is 52.0. The van der Waals surface area contributed by atoms with E-state index in [1.165, 1.54) is 4.90 Å². The highest BCUT2D eigenvalue weighted by Gasteiger charge is 2.38. The molecule has 1 saturated heterocycles. The van der Waals surface area contributed by atoms with Gasteiger partial charge in [0.25, 0.3) is 0 Å². The molecule has 0 spiro atoms. The lowest BCUT2D eigenvalue weighted by Crippen LogP contribution is -2.56. The second-order valence-electron chi connectivity index (χ2n) is 9.46. The first-order chi connectivity index (χ1) is 16.1. The molecule has 0 bridgehead atoms. The van der Waals surface area contributed by atoms with E-state index in [0.717, 1.165) is 0 Å². The van der Waals surface area contributed by atoms with E-state index < -0.39 is 42.0 Å². The smallest absolute Gasteiger partial charge is 0.326 e. The fraction of sp³-hybridized carbons (Fsp3) is 0.826. The molecule has 4 atom stereocenters. The average Bonchev–Trinajstić information content (AvgIpc) is 3.26. The third kappa shape index (κ3) is 9.94. The molecule has 34 heavy (non-hydrogen) atoms. The van der Waals surface area contributed by atoms with Crippen LogP contribution in [0.5, 0.6) is 0 Å². The molecule has 1 aliphatic rings. The molecule has 0 saturated carbocycles. The molecule has 0 radical (unpaired) electrons. The minimum absolute atomic E-state index is 0.228. The van der Waals surface area contributed by atoms with Crippen molar-refractivity contribution in [2.24, 2.45) is 23.1 Å². The molecule has 0 aliphatic carbocycles. The SMILES string of the molecule is CC(C)CC(N)C(=O)NC(CCCCN)C(=O)N1CCCC1C(=O)NC(CCCCN)C(=O)O. The van der Waals surface area contributed by atoms with Gasteiger partial charge in [-0.2, -0.15) is 0 Å². The number of amides is 3. The van der Waals surface area contributed by atoms with Crippen LogP contribution in [0.3, 0.4) is 0 Å². The molecular formula is C23H44N6O5. The zero-order chi connectivity index (χ0) is 25.7. The van der Waals surface area contributed by atoms with Crippen LogP contribution in [0.15, 0.2) is 0 Å². The highest BCUT2D eigenvalue weighted by Crippen LogP contribution is 2.20. The molecule has 0 aromatic carbocycles. The molecular weight excluding hydrogens is 440 g/mol. The lowest BCUT2D eigenvalue weighted by molar-refractivity contribution is -0.145. The summed E-state index contributed by atoms with van der Waals surface area (Å²) in [7, 11) is 0. The number of likely N-dealkylation sites (tertiary alicyclic amines) is 1. The third-order valence-corrected chi connectivity index (χ3v) is 6.02. The van der Waals surface area contributed by atoms with Gasteiger partial charge in [-0.25, -0.2) is 4.79 Å². The van der Waals surface area contributed by atoms with Gasteiger partial charge in [0.05, 0.1) is 6.04 Å². The Morgan fingerprint density at radius 3 is 2.09 bits per heavy atom. The van der Waals surface area contributed by atoms with E-state index in [9.17, 15) is 24.3 Å². The van der Waals surface area contributed by atoms with Crippen molar-refractivity contribution in [3.05, 3.63) is 0 Å². The zero-order valence-electron chi connectivity index (χ0n) is 20.6. The largest absolute Gasteiger partial charge is 0.480 e. The van der Waals surface area contributed by atoms with Gasteiger partial charge in [-0.3, -0.25) is 14.4 Å². The summed E-state index contributed by atoms with van der Waals surface area (Å²) in [5, 5.41) is 14.8. The molecule has 196 valence electrons. The molecule has 1 rings (SSSR count). The van der Waals surface area contributed by atoms with Gasteiger partial charge in [0.2, 0.25) is 17.7 Å². The summed E-state index contributed by atoms with van der Waals surface area (Å²) >= 11 is 0. The predicted octanol–water partition coefficient (Wildman–Crippen LogP) is -0.337. The van der Waals surface area contributed by atoms with Gasteiger partial charge in [-0.15, -0.1) is 0 Å². The molecule has 0 aromatic rings. The molecule has 0 aromatic heterocycles. The van der Waals surface area contributed by atoms with Crippen LogP contribution < -0.4 is 27.8 Å².